The van der Waals surface area contributed by atoms with Gasteiger partial charge in [0.2, 0.25) is 0 Å². The summed E-state index contributed by atoms with van der Waals surface area (Å²) in [6.45, 7) is 0. The van der Waals surface area contributed by atoms with Gasteiger partial charge >= 0.3 is 11.8 Å². The number of hydrazine groups is 1. The Hall–Kier alpha value is -1.52. The van der Waals surface area contributed by atoms with E-state index < -0.39 is 11.8 Å². The van der Waals surface area contributed by atoms with Crippen LogP contribution in [0.3, 0.4) is 0 Å². The van der Waals surface area contributed by atoms with E-state index in [0.29, 0.717) is 0 Å². The van der Waals surface area contributed by atoms with Crippen molar-refractivity contribution in [3.05, 3.63) is 11.8 Å². The lowest BCUT2D eigenvalue weighted by molar-refractivity contribution is -0.140. The van der Waals surface area contributed by atoms with E-state index in [1.807, 2.05) is 0 Å². The molecule has 2 aliphatic carbocycles. The van der Waals surface area contributed by atoms with E-state index in [4.69, 9.17) is 0 Å². The molecule has 0 aromatic rings. The van der Waals surface area contributed by atoms with Crippen LogP contribution in [0.25, 0.3) is 0 Å². The van der Waals surface area contributed by atoms with Crippen LogP contribution in [0.2, 0.25) is 0 Å². The molecular formula is C14H23N3O2. The molecule has 0 atom stereocenters. The van der Waals surface area contributed by atoms with Crippen LogP contribution < -0.4 is 16.2 Å². The van der Waals surface area contributed by atoms with Crippen molar-refractivity contribution in [1.29, 1.82) is 0 Å². The van der Waals surface area contributed by atoms with E-state index in [9.17, 15) is 9.59 Å². The van der Waals surface area contributed by atoms with E-state index in [2.05, 4.69) is 22.2 Å². The zero-order valence-corrected chi connectivity index (χ0v) is 11.3. The summed E-state index contributed by atoms with van der Waals surface area (Å²) in [4.78, 5) is 23.3. The van der Waals surface area contributed by atoms with Gasteiger partial charge in [-0.05, 0) is 38.5 Å². The molecule has 1 fully saturated rings. The van der Waals surface area contributed by atoms with E-state index in [-0.39, 0.29) is 6.04 Å². The summed E-state index contributed by atoms with van der Waals surface area (Å²) in [6, 6.07) is 0.167. The summed E-state index contributed by atoms with van der Waals surface area (Å²) in [5.74, 6) is -1.13. The van der Waals surface area contributed by atoms with Gasteiger partial charge in [-0.15, -0.1) is 0 Å². The fourth-order valence-corrected chi connectivity index (χ4v) is 2.64. The minimum Gasteiger partial charge on any atom is -0.345 e. The largest absolute Gasteiger partial charge is 0.345 e. The van der Waals surface area contributed by atoms with Gasteiger partial charge in [-0.1, -0.05) is 25.3 Å². The Morgan fingerprint density at radius 3 is 2.47 bits per heavy atom. The first-order valence-corrected chi connectivity index (χ1v) is 7.31. The van der Waals surface area contributed by atoms with Crippen LogP contribution in [0.4, 0.5) is 0 Å². The maximum atomic E-state index is 11.7. The third-order valence-corrected chi connectivity index (χ3v) is 3.77. The summed E-state index contributed by atoms with van der Waals surface area (Å²) >= 11 is 0. The zero-order valence-electron chi connectivity index (χ0n) is 11.3. The maximum absolute atomic E-state index is 11.7. The van der Waals surface area contributed by atoms with Gasteiger partial charge < -0.3 is 10.7 Å². The molecule has 3 N–H and O–H groups in total. The van der Waals surface area contributed by atoms with Crippen LogP contribution in [0.1, 0.15) is 57.8 Å². The minimum absolute atomic E-state index is 0.167. The smallest absolute Gasteiger partial charge is 0.327 e. The highest BCUT2D eigenvalue weighted by Crippen LogP contribution is 2.17. The number of allylic oxidation sites excluding steroid dienone is 2. The van der Waals surface area contributed by atoms with Crippen molar-refractivity contribution in [2.75, 3.05) is 0 Å². The van der Waals surface area contributed by atoms with Crippen molar-refractivity contribution in [2.24, 2.45) is 0 Å². The second-order valence-corrected chi connectivity index (χ2v) is 5.36. The number of hydrogen-bond donors (Lipinski definition) is 3. The predicted molar refractivity (Wildman–Crippen MR) is 72.8 cm³/mol. The van der Waals surface area contributed by atoms with Crippen LogP contribution >= 0.6 is 0 Å². The number of carbonyl (C=O) groups is 2. The van der Waals surface area contributed by atoms with Crippen LogP contribution in [0.5, 0.6) is 0 Å². The fourth-order valence-electron chi connectivity index (χ4n) is 2.64. The minimum atomic E-state index is -0.600. The second kappa shape index (κ2) is 7.16. The Morgan fingerprint density at radius 2 is 1.79 bits per heavy atom. The van der Waals surface area contributed by atoms with Crippen LogP contribution in [0, 0.1) is 0 Å². The molecular weight excluding hydrogens is 242 g/mol. The molecule has 0 aromatic heterocycles. The molecule has 0 aromatic carbocycles. The molecule has 19 heavy (non-hydrogen) atoms. The topological polar surface area (TPSA) is 70.2 Å². The summed E-state index contributed by atoms with van der Waals surface area (Å²) in [5, 5.41) is 2.80. The molecule has 2 aliphatic rings. The molecule has 2 amide bonds. The molecule has 0 aliphatic heterocycles. The third kappa shape index (κ3) is 4.58. The summed E-state index contributed by atoms with van der Waals surface area (Å²) in [6.07, 6.45) is 11.8. The molecule has 0 unspecified atom stereocenters. The Labute approximate surface area is 114 Å². The van der Waals surface area contributed by atoms with Crippen molar-refractivity contribution >= 4 is 11.8 Å². The van der Waals surface area contributed by atoms with Crippen molar-refractivity contribution < 1.29 is 9.59 Å². The first kappa shape index (κ1) is 13.9. The molecule has 1 saturated carbocycles. The summed E-state index contributed by atoms with van der Waals surface area (Å²) in [5.41, 5.74) is 6.32. The van der Waals surface area contributed by atoms with E-state index >= 15 is 0 Å². The molecule has 0 bridgehead atoms. The summed E-state index contributed by atoms with van der Waals surface area (Å²) < 4.78 is 0. The molecule has 5 nitrogen and oxygen atoms in total. The Balaban J connectivity index is 1.69. The zero-order chi connectivity index (χ0) is 13.5. The van der Waals surface area contributed by atoms with E-state index in [1.54, 1.807) is 0 Å². The highest BCUT2D eigenvalue weighted by Gasteiger charge is 2.20. The molecule has 5 heteroatoms. The average Bonchev–Trinajstić information content (AvgIpc) is 2.47. The van der Waals surface area contributed by atoms with Gasteiger partial charge in [0, 0.05) is 11.7 Å². The first-order chi connectivity index (χ1) is 9.25. The lowest BCUT2D eigenvalue weighted by Gasteiger charge is -2.22. The van der Waals surface area contributed by atoms with Crippen molar-refractivity contribution in [2.45, 2.75) is 63.8 Å². The van der Waals surface area contributed by atoms with Crippen molar-refractivity contribution in [3.8, 4) is 0 Å². The fraction of sp³-hybridized carbons (Fsp3) is 0.714. The monoisotopic (exact) mass is 265 g/mol. The SMILES string of the molecule is O=C(NNC1=CCCCC1)C(=O)NC1CCCCC1. The van der Waals surface area contributed by atoms with E-state index in [1.165, 1.54) is 12.8 Å². The van der Waals surface area contributed by atoms with Crippen molar-refractivity contribution in [1.82, 2.24) is 16.2 Å². The second-order valence-electron chi connectivity index (χ2n) is 5.36. The van der Waals surface area contributed by atoms with Crippen LogP contribution in [0.15, 0.2) is 11.8 Å². The van der Waals surface area contributed by atoms with Gasteiger partial charge in [-0.3, -0.25) is 15.0 Å². The number of hydrogen-bond acceptors (Lipinski definition) is 3. The van der Waals surface area contributed by atoms with Gasteiger partial charge in [0.1, 0.15) is 0 Å². The summed E-state index contributed by atoms with van der Waals surface area (Å²) in [7, 11) is 0. The van der Waals surface area contributed by atoms with Gasteiger partial charge in [-0.25, -0.2) is 0 Å². The van der Waals surface area contributed by atoms with Gasteiger partial charge in [0.25, 0.3) is 0 Å². The molecule has 0 heterocycles. The number of rotatable bonds is 3. The lowest BCUT2D eigenvalue weighted by Crippen LogP contribution is -2.49. The molecule has 0 saturated heterocycles. The predicted octanol–water partition coefficient (Wildman–Crippen LogP) is 1.51. The molecule has 106 valence electrons. The molecule has 0 spiro atoms. The number of nitrogens with one attached hydrogen (secondary N) is 3. The standard InChI is InChI=1S/C14H23N3O2/c18-13(15-11-7-3-1-4-8-11)14(19)17-16-12-9-5-2-6-10-12/h9,11,16H,1-8,10H2,(H,15,18)(H,17,19). The quantitative estimate of drug-likeness (QED) is 0.535. The third-order valence-electron chi connectivity index (χ3n) is 3.77. The Bertz CT molecular complexity index is 360. The van der Waals surface area contributed by atoms with Gasteiger partial charge in [0.15, 0.2) is 0 Å². The number of carbonyl (C=O) groups excluding carboxylic acids is 2. The molecule has 0 radical (unpaired) electrons. The van der Waals surface area contributed by atoms with E-state index in [0.717, 1.165) is 50.6 Å². The Kier molecular flexibility index (Phi) is 5.24. The van der Waals surface area contributed by atoms with Gasteiger partial charge in [0.05, 0.1) is 0 Å². The Morgan fingerprint density at radius 1 is 1.00 bits per heavy atom. The highest BCUT2D eigenvalue weighted by molar-refractivity contribution is 6.35. The molecule has 2 rings (SSSR count). The lowest BCUT2D eigenvalue weighted by atomic mass is 9.95. The highest BCUT2D eigenvalue weighted by atomic mass is 16.2. The van der Waals surface area contributed by atoms with Crippen LogP contribution in [-0.4, -0.2) is 17.9 Å². The van der Waals surface area contributed by atoms with Gasteiger partial charge in [-0.2, -0.15) is 0 Å². The first-order valence-electron chi connectivity index (χ1n) is 7.31. The maximum Gasteiger partial charge on any atom is 0.327 e. The van der Waals surface area contributed by atoms with Crippen molar-refractivity contribution in [3.63, 3.8) is 0 Å². The number of amides is 2. The average molecular weight is 265 g/mol. The van der Waals surface area contributed by atoms with Crippen LogP contribution in [-0.2, 0) is 9.59 Å². The normalized spacial score (nSPS) is 20.3.